The Hall–Kier alpha value is -3.11. The maximum absolute atomic E-state index is 12.6. The molecule has 0 saturated heterocycles. The third-order valence-electron chi connectivity index (χ3n) is 4.33. The van der Waals surface area contributed by atoms with E-state index in [1.165, 1.54) is 0 Å². The number of hydrogen-bond acceptors (Lipinski definition) is 2. The van der Waals surface area contributed by atoms with Gasteiger partial charge in [0.2, 0.25) is 5.91 Å². The molecule has 0 spiro atoms. The first kappa shape index (κ1) is 19.6. The van der Waals surface area contributed by atoms with Crippen molar-refractivity contribution in [1.82, 2.24) is 5.32 Å². The van der Waals surface area contributed by atoms with Crippen LogP contribution in [0.3, 0.4) is 0 Å². The normalized spacial score (nSPS) is 11.5. The molecule has 0 aliphatic rings. The summed E-state index contributed by atoms with van der Waals surface area (Å²) >= 11 is 5.86. The second-order valence-corrected chi connectivity index (χ2v) is 6.97. The first-order valence-electron chi connectivity index (χ1n) is 9.01. The third kappa shape index (κ3) is 5.44. The Balaban J connectivity index is 1.62. The number of nitrogens with one attached hydrogen (secondary N) is 2. The van der Waals surface area contributed by atoms with Crippen LogP contribution in [0.25, 0.3) is 0 Å². The van der Waals surface area contributed by atoms with E-state index in [4.69, 9.17) is 11.6 Å². The number of anilines is 1. The molecule has 3 aromatic carbocycles. The largest absolute Gasteiger partial charge is 0.346 e. The first-order chi connectivity index (χ1) is 13.5. The lowest BCUT2D eigenvalue weighted by molar-refractivity contribution is -0.115. The van der Waals surface area contributed by atoms with Gasteiger partial charge in [-0.05, 0) is 48.4 Å². The molecule has 0 aromatic heterocycles. The molecule has 1 unspecified atom stereocenters. The number of amides is 2. The van der Waals surface area contributed by atoms with E-state index in [1.54, 1.807) is 36.4 Å². The van der Waals surface area contributed by atoms with Crippen LogP contribution in [0.15, 0.2) is 78.9 Å². The predicted molar refractivity (Wildman–Crippen MR) is 113 cm³/mol. The van der Waals surface area contributed by atoms with Gasteiger partial charge in [0, 0.05) is 16.3 Å². The monoisotopic (exact) mass is 392 g/mol. The van der Waals surface area contributed by atoms with Gasteiger partial charge < -0.3 is 10.6 Å². The van der Waals surface area contributed by atoms with Crippen LogP contribution in [0, 0.1) is 0 Å². The van der Waals surface area contributed by atoms with Crippen molar-refractivity contribution < 1.29 is 9.59 Å². The second kappa shape index (κ2) is 9.20. The van der Waals surface area contributed by atoms with Crippen LogP contribution in [-0.2, 0) is 11.2 Å². The number of benzene rings is 3. The summed E-state index contributed by atoms with van der Waals surface area (Å²) in [6.45, 7) is 1.94. The Labute approximate surface area is 169 Å². The fraction of sp³-hybridized carbons (Fsp3) is 0.130. The van der Waals surface area contributed by atoms with Crippen molar-refractivity contribution >= 4 is 29.1 Å². The number of rotatable bonds is 6. The lowest BCUT2D eigenvalue weighted by Gasteiger charge is -2.15. The Morgan fingerprint density at radius 2 is 1.64 bits per heavy atom. The van der Waals surface area contributed by atoms with Crippen molar-refractivity contribution in [2.45, 2.75) is 19.4 Å². The fourth-order valence-corrected chi connectivity index (χ4v) is 2.96. The molecule has 142 valence electrons. The van der Waals surface area contributed by atoms with Crippen LogP contribution in [0.5, 0.6) is 0 Å². The van der Waals surface area contributed by atoms with E-state index in [0.29, 0.717) is 16.3 Å². The van der Waals surface area contributed by atoms with Crippen molar-refractivity contribution in [2.24, 2.45) is 0 Å². The smallest absolute Gasteiger partial charge is 0.251 e. The molecular formula is C23H21ClN2O2. The number of hydrogen-bond donors (Lipinski definition) is 2. The van der Waals surface area contributed by atoms with Gasteiger partial charge in [0.1, 0.15) is 0 Å². The van der Waals surface area contributed by atoms with Crippen molar-refractivity contribution in [3.63, 3.8) is 0 Å². The van der Waals surface area contributed by atoms with Gasteiger partial charge in [-0.3, -0.25) is 9.59 Å². The maximum Gasteiger partial charge on any atom is 0.251 e. The summed E-state index contributed by atoms with van der Waals surface area (Å²) in [4.78, 5) is 24.8. The average Bonchev–Trinajstić information content (AvgIpc) is 2.70. The van der Waals surface area contributed by atoms with Crippen LogP contribution < -0.4 is 10.6 Å². The van der Waals surface area contributed by atoms with Gasteiger partial charge in [-0.2, -0.15) is 0 Å². The molecule has 1 atom stereocenters. The maximum atomic E-state index is 12.6. The third-order valence-corrected chi connectivity index (χ3v) is 4.59. The summed E-state index contributed by atoms with van der Waals surface area (Å²) in [5.41, 5.74) is 2.97. The van der Waals surface area contributed by atoms with Gasteiger partial charge in [0.15, 0.2) is 0 Å². The lowest BCUT2D eigenvalue weighted by atomic mass is 10.1. The zero-order valence-electron chi connectivity index (χ0n) is 15.5. The molecule has 28 heavy (non-hydrogen) atoms. The minimum absolute atomic E-state index is 0.114. The topological polar surface area (TPSA) is 58.2 Å². The fourth-order valence-electron chi connectivity index (χ4n) is 2.84. The van der Waals surface area contributed by atoms with Crippen LogP contribution in [0.2, 0.25) is 5.02 Å². The molecule has 0 aliphatic heterocycles. The van der Waals surface area contributed by atoms with E-state index in [9.17, 15) is 9.59 Å². The highest BCUT2D eigenvalue weighted by atomic mass is 35.5. The Morgan fingerprint density at radius 1 is 0.929 bits per heavy atom. The molecule has 4 nitrogen and oxygen atoms in total. The summed E-state index contributed by atoms with van der Waals surface area (Å²) in [6.07, 6.45) is 0.235. The lowest BCUT2D eigenvalue weighted by Crippen LogP contribution is -2.26. The molecule has 2 N–H and O–H groups in total. The van der Waals surface area contributed by atoms with Crippen molar-refractivity contribution in [3.05, 3.63) is 101 Å². The molecule has 0 fully saturated rings. The second-order valence-electron chi connectivity index (χ2n) is 6.54. The molecule has 5 heteroatoms. The van der Waals surface area contributed by atoms with Crippen molar-refractivity contribution in [1.29, 1.82) is 0 Å². The molecule has 0 radical (unpaired) electrons. The van der Waals surface area contributed by atoms with Crippen LogP contribution in [0.4, 0.5) is 5.69 Å². The van der Waals surface area contributed by atoms with Crippen LogP contribution in [0.1, 0.15) is 34.5 Å². The Bertz CT molecular complexity index is 956. The summed E-state index contributed by atoms with van der Waals surface area (Å²) in [5, 5.41) is 6.44. The summed E-state index contributed by atoms with van der Waals surface area (Å²) in [5.74, 6) is -0.345. The van der Waals surface area contributed by atoms with E-state index < -0.39 is 0 Å². The highest BCUT2D eigenvalue weighted by Crippen LogP contribution is 2.16. The van der Waals surface area contributed by atoms with E-state index in [1.807, 2.05) is 49.4 Å². The van der Waals surface area contributed by atoms with Gasteiger partial charge in [-0.1, -0.05) is 60.1 Å². The molecule has 0 heterocycles. The highest BCUT2D eigenvalue weighted by Gasteiger charge is 2.12. The zero-order valence-corrected chi connectivity index (χ0v) is 16.2. The Morgan fingerprint density at radius 3 is 2.36 bits per heavy atom. The van der Waals surface area contributed by atoms with Crippen molar-refractivity contribution in [2.75, 3.05) is 5.32 Å². The van der Waals surface area contributed by atoms with E-state index in [0.717, 1.165) is 11.1 Å². The average molecular weight is 393 g/mol. The minimum Gasteiger partial charge on any atom is -0.346 e. The predicted octanol–water partition coefficient (Wildman–Crippen LogP) is 5.01. The quantitative estimate of drug-likeness (QED) is 0.619. The van der Waals surface area contributed by atoms with Gasteiger partial charge in [-0.15, -0.1) is 0 Å². The van der Waals surface area contributed by atoms with Gasteiger partial charge in [0.25, 0.3) is 5.91 Å². The van der Waals surface area contributed by atoms with Gasteiger partial charge in [0.05, 0.1) is 12.5 Å². The standard InChI is InChI=1S/C23H21ClN2O2/c1-16(18-6-3-2-4-7-18)25-23(28)19-8-5-9-21(15-19)26-22(27)14-17-10-12-20(24)13-11-17/h2-13,15-16H,14H2,1H3,(H,25,28)(H,26,27). The van der Waals surface area contributed by atoms with Crippen LogP contribution in [-0.4, -0.2) is 11.8 Å². The van der Waals surface area contributed by atoms with Gasteiger partial charge >= 0.3 is 0 Å². The molecule has 0 bridgehead atoms. The van der Waals surface area contributed by atoms with Crippen molar-refractivity contribution in [3.8, 4) is 0 Å². The number of carbonyl (C=O) groups excluding carboxylic acids is 2. The van der Waals surface area contributed by atoms with E-state index in [-0.39, 0.29) is 24.3 Å². The number of halogens is 1. The summed E-state index contributed by atoms with van der Waals surface area (Å²) in [6, 6.07) is 23.7. The summed E-state index contributed by atoms with van der Waals surface area (Å²) < 4.78 is 0. The molecule has 3 rings (SSSR count). The molecule has 2 amide bonds. The van der Waals surface area contributed by atoms with E-state index >= 15 is 0 Å². The highest BCUT2D eigenvalue weighted by molar-refractivity contribution is 6.30. The minimum atomic E-state index is -0.190. The molecule has 0 aliphatic carbocycles. The molecular weight excluding hydrogens is 372 g/mol. The first-order valence-corrected chi connectivity index (χ1v) is 9.39. The SMILES string of the molecule is CC(NC(=O)c1cccc(NC(=O)Cc2ccc(Cl)cc2)c1)c1ccccc1. The zero-order chi connectivity index (χ0) is 19.9. The number of carbonyl (C=O) groups is 2. The van der Waals surface area contributed by atoms with Crippen LogP contribution >= 0.6 is 11.6 Å². The molecule has 3 aromatic rings. The Kier molecular flexibility index (Phi) is 6.45. The van der Waals surface area contributed by atoms with Gasteiger partial charge in [-0.25, -0.2) is 0 Å². The van der Waals surface area contributed by atoms with E-state index in [2.05, 4.69) is 10.6 Å². The molecule has 0 saturated carbocycles. The summed E-state index contributed by atoms with van der Waals surface area (Å²) in [7, 11) is 0.